The van der Waals surface area contributed by atoms with Crippen LogP contribution in [0.5, 0.6) is 0 Å². The largest absolute Gasteiger partial charge is 0.478 e. The van der Waals surface area contributed by atoms with Crippen LogP contribution in [-0.2, 0) is 11.2 Å². The summed E-state index contributed by atoms with van der Waals surface area (Å²) < 4.78 is 0. The highest BCUT2D eigenvalue weighted by atomic mass is 16.4. The van der Waals surface area contributed by atoms with Crippen LogP contribution in [0.3, 0.4) is 0 Å². The molecule has 0 aliphatic carbocycles. The molecule has 1 heterocycles. The van der Waals surface area contributed by atoms with Gasteiger partial charge >= 0.3 is 5.97 Å². The van der Waals surface area contributed by atoms with E-state index >= 15 is 0 Å². The molecule has 1 fully saturated rings. The van der Waals surface area contributed by atoms with Crippen LogP contribution in [0.4, 0.5) is 0 Å². The Balaban J connectivity index is 1.96. The number of hydrogen-bond acceptors (Lipinski definition) is 3. The molecule has 1 saturated heterocycles. The van der Waals surface area contributed by atoms with E-state index in [-0.39, 0.29) is 11.8 Å². The molecular formula is C16H22N2O3. The molecule has 0 aromatic heterocycles. The molecule has 2 N–H and O–H groups in total. The summed E-state index contributed by atoms with van der Waals surface area (Å²) in [5.41, 5.74) is 1.08. The summed E-state index contributed by atoms with van der Waals surface area (Å²) in [5, 5.41) is 12.4. The Morgan fingerprint density at radius 2 is 2.05 bits per heavy atom. The molecule has 114 valence electrons. The number of amides is 1. The minimum atomic E-state index is -0.923. The third-order valence-electron chi connectivity index (χ3n) is 4.18. The Bertz CT molecular complexity index is 530. The van der Waals surface area contributed by atoms with Gasteiger partial charge in [0.1, 0.15) is 0 Å². The van der Waals surface area contributed by atoms with Gasteiger partial charge in [-0.25, -0.2) is 4.79 Å². The van der Waals surface area contributed by atoms with E-state index in [1.54, 1.807) is 24.1 Å². The highest BCUT2D eigenvalue weighted by molar-refractivity contribution is 5.89. The fourth-order valence-corrected chi connectivity index (χ4v) is 2.77. The monoisotopic (exact) mass is 290 g/mol. The molecule has 1 aromatic rings. The lowest BCUT2D eigenvalue weighted by Gasteiger charge is -2.23. The standard InChI is InChI=1S/C16H22N2O3/c1-11-9-17-10-14(11)15(19)18(2)8-7-12-5-3-4-6-13(12)16(20)21/h3-6,11,14,17H,7-10H2,1-2H3,(H,20,21). The molecule has 1 aliphatic heterocycles. The summed E-state index contributed by atoms with van der Waals surface area (Å²) in [6, 6.07) is 6.95. The van der Waals surface area contributed by atoms with E-state index in [9.17, 15) is 9.59 Å². The molecule has 5 heteroatoms. The van der Waals surface area contributed by atoms with E-state index in [1.165, 1.54) is 0 Å². The van der Waals surface area contributed by atoms with Crippen LogP contribution in [0.1, 0.15) is 22.8 Å². The van der Waals surface area contributed by atoms with E-state index in [0.717, 1.165) is 18.7 Å². The maximum absolute atomic E-state index is 12.4. The maximum Gasteiger partial charge on any atom is 0.335 e. The molecule has 0 saturated carbocycles. The molecule has 21 heavy (non-hydrogen) atoms. The predicted octanol–water partition coefficient (Wildman–Crippen LogP) is 1.24. The zero-order valence-electron chi connectivity index (χ0n) is 12.5. The van der Waals surface area contributed by atoms with E-state index in [4.69, 9.17) is 5.11 Å². The molecule has 0 bridgehead atoms. The molecule has 2 rings (SSSR count). The third kappa shape index (κ3) is 3.61. The molecule has 2 atom stereocenters. The zero-order chi connectivity index (χ0) is 15.4. The lowest BCUT2D eigenvalue weighted by molar-refractivity contribution is -0.134. The van der Waals surface area contributed by atoms with Crippen molar-refractivity contribution in [2.75, 3.05) is 26.7 Å². The van der Waals surface area contributed by atoms with Crippen molar-refractivity contribution >= 4 is 11.9 Å². The van der Waals surface area contributed by atoms with Gasteiger partial charge in [-0.2, -0.15) is 0 Å². The zero-order valence-corrected chi connectivity index (χ0v) is 12.5. The van der Waals surface area contributed by atoms with E-state index in [0.29, 0.717) is 24.4 Å². The van der Waals surface area contributed by atoms with Crippen molar-refractivity contribution < 1.29 is 14.7 Å². The van der Waals surface area contributed by atoms with Gasteiger partial charge in [-0.1, -0.05) is 25.1 Å². The van der Waals surface area contributed by atoms with E-state index in [1.807, 2.05) is 12.1 Å². The van der Waals surface area contributed by atoms with E-state index in [2.05, 4.69) is 12.2 Å². The molecular weight excluding hydrogens is 268 g/mol. The number of hydrogen-bond donors (Lipinski definition) is 2. The SMILES string of the molecule is CC1CNCC1C(=O)N(C)CCc1ccccc1C(=O)O. The van der Waals surface area contributed by atoms with Crippen LogP contribution in [0.25, 0.3) is 0 Å². The summed E-state index contributed by atoms with van der Waals surface area (Å²) in [6.45, 7) is 4.23. The van der Waals surface area contributed by atoms with Gasteiger partial charge in [0.05, 0.1) is 11.5 Å². The molecule has 1 aromatic carbocycles. The molecule has 1 amide bonds. The van der Waals surface area contributed by atoms with Gasteiger partial charge < -0.3 is 15.3 Å². The number of nitrogens with zero attached hydrogens (tertiary/aromatic N) is 1. The van der Waals surface area contributed by atoms with Crippen molar-refractivity contribution in [1.82, 2.24) is 10.2 Å². The molecule has 5 nitrogen and oxygen atoms in total. The van der Waals surface area contributed by atoms with Crippen molar-refractivity contribution in [1.29, 1.82) is 0 Å². The number of likely N-dealkylation sites (N-methyl/N-ethyl adjacent to an activating group) is 1. The first-order valence-corrected chi connectivity index (χ1v) is 7.27. The maximum atomic E-state index is 12.4. The highest BCUT2D eigenvalue weighted by Crippen LogP contribution is 2.18. The number of carbonyl (C=O) groups is 2. The molecule has 0 radical (unpaired) electrons. The van der Waals surface area contributed by atoms with Crippen LogP contribution in [0.15, 0.2) is 24.3 Å². The Kier molecular flexibility index (Phi) is 4.96. The van der Waals surface area contributed by atoms with Gasteiger partial charge in [-0.05, 0) is 30.5 Å². The van der Waals surface area contributed by atoms with E-state index < -0.39 is 5.97 Å². The number of carboxylic acids is 1. The van der Waals surface area contributed by atoms with Crippen LogP contribution < -0.4 is 5.32 Å². The number of nitrogens with one attached hydrogen (secondary N) is 1. The summed E-state index contributed by atoms with van der Waals surface area (Å²) in [6.07, 6.45) is 0.555. The second kappa shape index (κ2) is 6.72. The first-order valence-electron chi connectivity index (χ1n) is 7.27. The highest BCUT2D eigenvalue weighted by Gasteiger charge is 2.31. The third-order valence-corrected chi connectivity index (χ3v) is 4.18. The summed E-state index contributed by atoms with van der Waals surface area (Å²) in [5.74, 6) is -0.399. The minimum absolute atomic E-state index is 0.0321. The van der Waals surface area contributed by atoms with Crippen molar-refractivity contribution in [2.24, 2.45) is 11.8 Å². The van der Waals surface area contributed by atoms with Gasteiger partial charge in [0.2, 0.25) is 5.91 Å². The van der Waals surface area contributed by atoms with Gasteiger partial charge in [0.25, 0.3) is 0 Å². The van der Waals surface area contributed by atoms with Gasteiger partial charge in [-0.15, -0.1) is 0 Å². The van der Waals surface area contributed by atoms with Crippen molar-refractivity contribution in [3.8, 4) is 0 Å². The molecule has 2 unspecified atom stereocenters. The lowest BCUT2D eigenvalue weighted by atomic mass is 9.96. The summed E-state index contributed by atoms with van der Waals surface area (Å²) >= 11 is 0. The van der Waals surface area contributed by atoms with Gasteiger partial charge in [-0.3, -0.25) is 4.79 Å². The average Bonchev–Trinajstić information content (AvgIpc) is 2.90. The second-order valence-corrected chi connectivity index (χ2v) is 5.71. The summed E-state index contributed by atoms with van der Waals surface area (Å²) in [4.78, 5) is 25.2. The normalized spacial score (nSPS) is 21.2. The Labute approximate surface area is 125 Å². The first kappa shape index (κ1) is 15.5. The fourth-order valence-electron chi connectivity index (χ4n) is 2.77. The number of carboxylic acid groups (broad SMARTS) is 1. The topological polar surface area (TPSA) is 69.6 Å². The Hall–Kier alpha value is -1.88. The number of aromatic carboxylic acids is 1. The van der Waals surface area contributed by atoms with Crippen molar-refractivity contribution in [2.45, 2.75) is 13.3 Å². The van der Waals surface area contributed by atoms with Gasteiger partial charge in [0.15, 0.2) is 0 Å². The average molecular weight is 290 g/mol. The number of benzene rings is 1. The van der Waals surface area contributed by atoms with Crippen LogP contribution in [-0.4, -0.2) is 48.6 Å². The second-order valence-electron chi connectivity index (χ2n) is 5.71. The Morgan fingerprint density at radius 1 is 1.33 bits per heavy atom. The van der Waals surface area contributed by atoms with Crippen LogP contribution in [0.2, 0.25) is 0 Å². The number of carbonyl (C=O) groups excluding carboxylic acids is 1. The quantitative estimate of drug-likeness (QED) is 0.856. The van der Waals surface area contributed by atoms with Crippen molar-refractivity contribution in [3.05, 3.63) is 35.4 Å². The first-order chi connectivity index (χ1) is 10.0. The Morgan fingerprint density at radius 3 is 2.67 bits per heavy atom. The van der Waals surface area contributed by atoms with Crippen LogP contribution >= 0.6 is 0 Å². The minimum Gasteiger partial charge on any atom is -0.478 e. The lowest BCUT2D eigenvalue weighted by Crippen LogP contribution is -2.37. The predicted molar refractivity (Wildman–Crippen MR) is 80.3 cm³/mol. The van der Waals surface area contributed by atoms with Crippen LogP contribution in [0, 0.1) is 11.8 Å². The fraction of sp³-hybridized carbons (Fsp3) is 0.500. The molecule has 0 spiro atoms. The molecule has 1 aliphatic rings. The van der Waals surface area contributed by atoms with Crippen molar-refractivity contribution in [3.63, 3.8) is 0 Å². The summed E-state index contributed by atoms with van der Waals surface area (Å²) in [7, 11) is 1.79. The smallest absolute Gasteiger partial charge is 0.335 e. The number of rotatable bonds is 5. The van der Waals surface area contributed by atoms with Gasteiger partial charge in [0, 0.05) is 20.1 Å².